The maximum atomic E-state index is 12.2. The number of nitrogens with zero attached hydrogens (tertiary/aromatic N) is 2. The number of benzene rings is 1. The van der Waals surface area contributed by atoms with Crippen molar-refractivity contribution in [2.24, 2.45) is 0 Å². The molecule has 0 saturated heterocycles. The number of rotatable bonds is 6. The molecular formula is C17H23N3O2. The van der Waals surface area contributed by atoms with Gasteiger partial charge >= 0.3 is 0 Å². The fourth-order valence-corrected chi connectivity index (χ4v) is 2.31. The highest BCUT2D eigenvalue weighted by Crippen LogP contribution is 2.16. The molecule has 0 aliphatic carbocycles. The van der Waals surface area contributed by atoms with Crippen molar-refractivity contribution in [1.29, 1.82) is 0 Å². The second-order valence-corrected chi connectivity index (χ2v) is 5.74. The molecule has 22 heavy (non-hydrogen) atoms. The van der Waals surface area contributed by atoms with Gasteiger partial charge in [0.2, 0.25) is 11.8 Å². The predicted octanol–water partition coefficient (Wildman–Crippen LogP) is 3.07. The van der Waals surface area contributed by atoms with E-state index in [0.29, 0.717) is 19.3 Å². The molecule has 5 nitrogen and oxygen atoms in total. The van der Waals surface area contributed by atoms with Crippen LogP contribution in [0.15, 0.2) is 24.4 Å². The standard InChI is InChI=1S/C17H23N3O2/c1-4-13(3)19-16(21)6-5-7-17(22)20-15-9-8-12(2)10-14(15)11-18-20/h8-11,13H,4-7H2,1-3H3,(H,19,21)/t13-/m1/s1. The Morgan fingerprint density at radius 2 is 2.09 bits per heavy atom. The zero-order chi connectivity index (χ0) is 16.1. The SMILES string of the molecule is CC[C@@H](C)NC(=O)CCCC(=O)n1ncc2cc(C)ccc21. The third-order valence-corrected chi connectivity index (χ3v) is 3.77. The van der Waals surface area contributed by atoms with Crippen molar-refractivity contribution in [3.63, 3.8) is 0 Å². The summed E-state index contributed by atoms with van der Waals surface area (Å²) >= 11 is 0. The van der Waals surface area contributed by atoms with Gasteiger partial charge in [0.25, 0.3) is 0 Å². The summed E-state index contributed by atoms with van der Waals surface area (Å²) in [5, 5.41) is 8.02. The minimum atomic E-state index is -0.0739. The summed E-state index contributed by atoms with van der Waals surface area (Å²) in [7, 11) is 0. The first-order valence-corrected chi connectivity index (χ1v) is 7.78. The molecule has 0 saturated carbocycles. The second kappa shape index (κ2) is 7.20. The highest BCUT2D eigenvalue weighted by Gasteiger charge is 2.12. The largest absolute Gasteiger partial charge is 0.354 e. The summed E-state index contributed by atoms with van der Waals surface area (Å²) in [6, 6.07) is 6.06. The molecule has 1 aromatic carbocycles. The lowest BCUT2D eigenvalue weighted by atomic mass is 10.2. The first-order valence-electron chi connectivity index (χ1n) is 7.78. The fourth-order valence-electron chi connectivity index (χ4n) is 2.31. The van der Waals surface area contributed by atoms with E-state index >= 15 is 0 Å². The average Bonchev–Trinajstić information content (AvgIpc) is 2.89. The number of fused-ring (bicyclic) bond motifs is 1. The van der Waals surface area contributed by atoms with Crippen molar-refractivity contribution >= 4 is 22.7 Å². The van der Waals surface area contributed by atoms with Crippen molar-refractivity contribution in [3.05, 3.63) is 30.0 Å². The first-order chi connectivity index (χ1) is 10.5. The van der Waals surface area contributed by atoms with Crippen LogP contribution in [-0.2, 0) is 4.79 Å². The Morgan fingerprint density at radius 3 is 2.82 bits per heavy atom. The van der Waals surface area contributed by atoms with Crippen molar-refractivity contribution in [3.8, 4) is 0 Å². The highest BCUT2D eigenvalue weighted by molar-refractivity contribution is 5.91. The molecule has 1 heterocycles. The minimum absolute atomic E-state index is 0.00287. The van der Waals surface area contributed by atoms with Gasteiger partial charge < -0.3 is 5.32 Å². The molecule has 118 valence electrons. The van der Waals surface area contributed by atoms with Gasteiger partial charge in [-0.05, 0) is 38.8 Å². The van der Waals surface area contributed by atoms with Gasteiger partial charge in [-0.15, -0.1) is 0 Å². The Labute approximate surface area is 130 Å². The third-order valence-electron chi connectivity index (χ3n) is 3.77. The first kappa shape index (κ1) is 16.2. The summed E-state index contributed by atoms with van der Waals surface area (Å²) in [4.78, 5) is 23.9. The topological polar surface area (TPSA) is 64.0 Å². The number of aromatic nitrogens is 2. The molecule has 0 aliphatic rings. The van der Waals surface area contributed by atoms with Crippen LogP contribution in [0.3, 0.4) is 0 Å². The number of aryl methyl sites for hydroxylation is 1. The van der Waals surface area contributed by atoms with Crippen LogP contribution in [0.2, 0.25) is 0 Å². The third kappa shape index (κ3) is 3.93. The Balaban J connectivity index is 1.90. The Bertz CT molecular complexity index is 676. The Morgan fingerprint density at radius 1 is 1.32 bits per heavy atom. The Kier molecular flexibility index (Phi) is 5.31. The van der Waals surface area contributed by atoms with E-state index in [-0.39, 0.29) is 17.9 Å². The monoisotopic (exact) mass is 301 g/mol. The summed E-state index contributed by atoms with van der Waals surface area (Å²) in [6.07, 6.45) is 3.83. The molecule has 2 aromatic rings. The van der Waals surface area contributed by atoms with Gasteiger partial charge in [-0.3, -0.25) is 9.59 Å². The lowest BCUT2D eigenvalue weighted by Crippen LogP contribution is -2.31. The van der Waals surface area contributed by atoms with Crippen LogP contribution in [0.1, 0.15) is 49.9 Å². The quantitative estimate of drug-likeness (QED) is 0.891. The molecule has 1 amide bonds. The van der Waals surface area contributed by atoms with Crippen LogP contribution >= 0.6 is 0 Å². The maximum Gasteiger partial charge on any atom is 0.247 e. The van der Waals surface area contributed by atoms with Gasteiger partial charge in [-0.1, -0.05) is 18.6 Å². The number of carbonyl (C=O) groups excluding carboxylic acids is 2. The molecule has 1 atom stereocenters. The van der Waals surface area contributed by atoms with Crippen LogP contribution in [0, 0.1) is 6.92 Å². The van der Waals surface area contributed by atoms with Crippen LogP contribution in [0.25, 0.3) is 10.9 Å². The van der Waals surface area contributed by atoms with Crippen molar-refractivity contribution in [1.82, 2.24) is 15.1 Å². The highest BCUT2D eigenvalue weighted by atomic mass is 16.2. The molecule has 0 fully saturated rings. The number of hydrogen-bond acceptors (Lipinski definition) is 3. The van der Waals surface area contributed by atoms with Crippen molar-refractivity contribution in [2.75, 3.05) is 0 Å². The Hall–Kier alpha value is -2.17. The maximum absolute atomic E-state index is 12.2. The minimum Gasteiger partial charge on any atom is -0.354 e. The normalized spacial score (nSPS) is 12.3. The molecule has 0 bridgehead atoms. The van der Waals surface area contributed by atoms with Crippen molar-refractivity contribution in [2.45, 2.75) is 52.5 Å². The van der Waals surface area contributed by atoms with Gasteiger partial charge in [0.1, 0.15) is 0 Å². The molecule has 2 rings (SSSR count). The smallest absolute Gasteiger partial charge is 0.247 e. The number of carbonyl (C=O) groups is 2. The lowest BCUT2D eigenvalue weighted by molar-refractivity contribution is -0.121. The summed E-state index contributed by atoms with van der Waals surface area (Å²) < 4.78 is 1.43. The van der Waals surface area contributed by atoms with Gasteiger partial charge in [-0.25, -0.2) is 4.68 Å². The van der Waals surface area contributed by atoms with E-state index in [0.717, 1.165) is 22.9 Å². The number of nitrogens with one attached hydrogen (secondary N) is 1. The molecule has 1 aromatic heterocycles. The van der Waals surface area contributed by atoms with Gasteiger partial charge in [0, 0.05) is 24.3 Å². The zero-order valence-corrected chi connectivity index (χ0v) is 13.4. The molecule has 0 aliphatic heterocycles. The average molecular weight is 301 g/mol. The molecule has 5 heteroatoms. The van der Waals surface area contributed by atoms with E-state index in [2.05, 4.69) is 10.4 Å². The van der Waals surface area contributed by atoms with E-state index in [4.69, 9.17) is 0 Å². The fraction of sp³-hybridized carbons (Fsp3) is 0.471. The number of hydrogen-bond donors (Lipinski definition) is 1. The molecular weight excluding hydrogens is 278 g/mol. The van der Waals surface area contributed by atoms with Crippen LogP contribution in [0.4, 0.5) is 0 Å². The van der Waals surface area contributed by atoms with Gasteiger partial charge in [-0.2, -0.15) is 5.10 Å². The van der Waals surface area contributed by atoms with E-state index in [9.17, 15) is 9.59 Å². The van der Waals surface area contributed by atoms with Crippen LogP contribution in [0.5, 0.6) is 0 Å². The van der Waals surface area contributed by atoms with Gasteiger partial charge in [0.05, 0.1) is 11.7 Å². The summed E-state index contributed by atoms with van der Waals surface area (Å²) in [6.45, 7) is 6.01. The summed E-state index contributed by atoms with van der Waals surface area (Å²) in [5.74, 6) is -0.0710. The van der Waals surface area contributed by atoms with Crippen LogP contribution in [-0.4, -0.2) is 27.6 Å². The molecule has 0 radical (unpaired) electrons. The van der Waals surface area contributed by atoms with E-state index in [1.165, 1.54) is 4.68 Å². The van der Waals surface area contributed by atoms with E-state index < -0.39 is 0 Å². The lowest BCUT2D eigenvalue weighted by Gasteiger charge is -2.10. The van der Waals surface area contributed by atoms with E-state index in [1.807, 2.05) is 39.0 Å². The summed E-state index contributed by atoms with van der Waals surface area (Å²) in [5.41, 5.74) is 1.96. The zero-order valence-electron chi connectivity index (χ0n) is 13.4. The van der Waals surface area contributed by atoms with Crippen LogP contribution < -0.4 is 5.32 Å². The molecule has 1 N–H and O–H groups in total. The molecule has 0 spiro atoms. The predicted molar refractivity (Wildman–Crippen MR) is 86.8 cm³/mol. The number of amides is 1. The molecule has 0 unspecified atom stereocenters. The van der Waals surface area contributed by atoms with Crippen molar-refractivity contribution < 1.29 is 9.59 Å². The van der Waals surface area contributed by atoms with Gasteiger partial charge in [0.15, 0.2) is 0 Å². The second-order valence-electron chi connectivity index (χ2n) is 5.74. The van der Waals surface area contributed by atoms with E-state index in [1.54, 1.807) is 6.20 Å².